The fraction of sp³-hybridized carbons (Fsp3) is 0. The Bertz CT molecular complexity index is 2810. The van der Waals surface area contributed by atoms with Crippen LogP contribution in [0.5, 0.6) is 0 Å². The minimum absolute atomic E-state index is 1.03. The van der Waals surface area contributed by atoms with Crippen LogP contribution in [0, 0.1) is 0 Å². The zero-order valence-corrected chi connectivity index (χ0v) is 27.4. The van der Waals surface area contributed by atoms with Crippen LogP contribution in [0.3, 0.4) is 0 Å². The van der Waals surface area contributed by atoms with Crippen molar-refractivity contribution in [2.24, 2.45) is 0 Å². The Labute approximate surface area is 288 Å². The lowest BCUT2D eigenvalue weighted by molar-refractivity contribution is 1.52. The molecule has 0 N–H and O–H groups in total. The number of aromatic nitrogens is 1. The van der Waals surface area contributed by atoms with E-state index in [2.05, 4.69) is 176 Å². The molecule has 0 aliphatic heterocycles. The molecule has 2 heteroatoms. The van der Waals surface area contributed by atoms with Crippen molar-refractivity contribution >= 4 is 64.1 Å². The van der Waals surface area contributed by atoms with E-state index in [4.69, 9.17) is 4.98 Å². The number of para-hydroxylation sites is 1. The normalized spacial score (nSPS) is 11.7. The molecule has 2 heterocycles. The van der Waals surface area contributed by atoms with Crippen LogP contribution in [0.4, 0.5) is 0 Å². The highest BCUT2D eigenvalue weighted by Gasteiger charge is 2.19. The predicted molar refractivity (Wildman–Crippen MR) is 211 cm³/mol. The summed E-state index contributed by atoms with van der Waals surface area (Å²) in [5, 5.41) is 7.43. The molecule has 0 saturated carbocycles. The van der Waals surface area contributed by atoms with Crippen molar-refractivity contribution in [2.75, 3.05) is 0 Å². The smallest absolute Gasteiger partial charge is 0.0902 e. The van der Waals surface area contributed by atoms with E-state index in [-0.39, 0.29) is 0 Å². The number of hydrogen-bond donors (Lipinski definition) is 0. The first kappa shape index (κ1) is 28.0. The van der Waals surface area contributed by atoms with Crippen LogP contribution in [-0.2, 0) is 0 Å². The summed E-state index contributed by atoms with van der Waals surface area (Å²) in [4.78, 5) is 5.19. The maximum atomic E-state index is 5.19. The van der Waals surface area contributed by atoms with Crippen LogP contribution in [0.15, 0.2) is 176 Å². The summed E-state index contributed by atoms with van der Waals surface area (Å²) < 4.78 is 2.50. The number of thiophene rings is 1. The molecular weight excluding hydrogens is 611 g/mol. The molecule has 228 valence electrons. The van der Waals surface area contributed by atoms with E-state index < -0.39 is 0 Å². The van der Waals surface area contributed by atoms with Crippen molar-refractivity contribution in [3.8, 4) is 44.5 Å². The fourth-order valence-electron chi connectivity index (χ4n) is 7.66. The molecule has 0 aliphatic rings. The highest BCUT2D eigenvalue weighted by atomic mass is 32.1. The second-order valence-corrected chi connectivity index (χ2v) is 13.7. The maximum Gasteiger partial charge on any atom is 0.0902 e. The highest BCUT2D eigenvalue weighted by molar-refractivity contribution is 7.26. The zero-order valence-electron chi connectivity index (χ0n) is 26.6. The third-order valence-corrected chi connectivity index (χ3v) is 11.0. The Morgan fingerprint density at radius 2 is 0.796 bits per heavy atom. The molecule has 0 spiro atoms. The van der Waals surface area contributed by atoms with Crippen molar-refractivity contribution in [2.45, 2.75) is 0 Å². The van der Waals surface area contributed by atoms with E-state index in [0.29, 0.717) is 0 Å². The molecule has 1 nitrogen and oxygen atoms in total. The first-order valence-corrected chi connectivity index (χ1v) is 17.5. The van der Waals surface area contributed by atoms with Crippen molar-refractivity contribution in [3.05, 3.63) is 176 Å². The molecular formula is C47H29NS. The van der Waals surface area contributed by atoms with E-state index in [1.807, 2.05) is 11.3 Å². The minimum atomic E-state index is 1.03. The number of fused-ring (bicyclic) bond motifs is 6. The van der Waals surface area contributed by atoms with Gasteiger partial charge in [-0.25, -0.2) is 4.98 Å². The number of nitrogens with zero attached hydrogens (tertiary/aromatic N) is 1. The average Bonchev–Trinajstić information content (AvgIpc) is 3.54. The van der Waals surface area contributed by atoms with Gasteiger partial charge in [-0.1, -0.05) is 158 Å². The van der Waals surface area contributed by atoms with Crippen LogP contribution in [0.25, 0.3) is 97.3 Å². The number of rotatable bonds is 4. The summed E-state index contributed by atoms with van der Waals surface area (Å²) in [5.74, 6) is 0. The quantitative estimate of drug-likeness (QED) is 0.175. The molecule has 0 fully saturated rings. The summed E-state index contributed by atoms with van der Waals surface area (Å²) in [6, 6.07) is 63.9. The topological polar surface area (TPSA) is 12.9 Å². The van der Waals surface area contributed by atoms with Crippen LogP contribution in [0.1, 0.15) is 0 Å². The van der Waals surface area contributed by atoms with Crippen LogP contribution >= 0.6 is 11.3 Å². The maximum absolute atomic E-state index is 5.19. The molecule has 0 radical (unpaired) electrons. The first-order valence-electron chi connectivity index (χ1n) is 16.7. The van der Waals surface area contributed by atoms with E-state index in [1.54, 1.807) is 0 Å². The molecule has 49 heavy (non-hydrogen) atoms. The molecule has 0 amide bonds. The molecule has 0 unspecified atom stereocenters. The predicted octanol–water partition coefficient (Wildman–Crippen LogP) is 13.6. The summed E-state index contributed by atoms with van der Waals surface area (Å²) in [5.41, 5.74) is 12.0. The standard InChI is InChI=1S/C47H29NS/c1-2-13-30(14-3-1)31-25-27-32(28-26-31)43-35-17-4-6-19-37(35)44(38-20-7-5-18-36(38)43)33-15-12-16-34(29-33)45-39-21-8-10-23-41(39)48-46-40-22-9-11-24-42(40)49-47(45)46/h1-29H. The fourth-order valence-corrected chi connectivity index (χ4v) is 8.89. The highest BCUT2D eigenvalue weighted by Crippen LogP contribution is 2.46. The largest absolute Gasteiger partial charge is 0.246 e. The molecule has 10 rings (SSSR count). The molecule has 2 aromatic heterocycles. The monoisotopic (exact) mass is 639 g/mol. The van der Waals surface area contributed by atoms with Gasteiger partial charge in [0.2, 0.25) is 0 Å². The van der Waals surface area contributed by atoms with Crippen LogP contribution in [-0.4, -0.2) is 4.98 Å². The average molecular weight is 640 g/mol. The van der Waals surface area contributed by atoms with Crippen molar-refractivity contribution in [1.29, 1.82) is 0 Å². The van der Waals surface area contributed by atoms with Crippen molar-refractivity contribution < 1.29 is 0 Å². The Morgan fingerprint density at radius 1 is 0.327 bits per heavy atom. The van der Waals surface area contributed by atoms with E-state index in [9.17, 15) is 0 Å². The minimum Gasteiger partial charge on any atom is -0.246 e. The van der Waals surface area contributed by atoms with Crippen molar-refractivity contribution in [3.63, 3.8) is 0 Å². The lowest BCUT2D eigenvalue weighted by Crippen LogP contribution is -1.92. The van der Waals surface area contributed by atoms with E-state index >= 15 is 0 Å². The van der Waals surface area contributed by atoms with Gasteiger partial charge in [-0.05, 0) is 78.7 Å². The van der Waals surface area contributed by atoms with Crippen molar-refractivity contribution in [1.82, 2.24) is 4.98 Å². The van der Waals surface area contributed by atoms with Gasteiger partial charge in [0.1, 0.15) is 0 Å². The summed E-state index contributed by atoms with van der Waals surface area (Å²) in [6.07, 6.45) is 0. The van der Waals surface area contributed by atoms with E-state index in [0.717, 1.165) is 11.0 Å². The third-order valence-electron chi connectivity index (χ3n) is 9.85. The zero-order chi connectivity index (χ0) is 32.3. The second-order valence-electron chi connectivity index (χ2n) is 12.6. The number of benzene rings is 8. The molecule has 0 bridgehead atoms. The first-order chi connectivity index (χ1) is 24.3. The molecule has 10 aromatic rings. The lowest BCUT2D eigenvalue weighted by atomic mass is 9.85. The Morgan fingerprint density at radius 3 is 1.47 bits per heavy atom. The summed E-state index contributed by atoms with van der Waals surface area (Å²) >= 11 is 1.84. The summed E-state index contributed by atoms with van der Waals surface area (Å²) in [6.45, 7) is 0. The van der Waals surface area contributed by atoms with Crippen LogP contribution < -0.4 is 0 Å². The van der Waals surface area contributed by atoms with Gasteiger partial charge in [0.05, 0.1) is 15.7 Å². The molecule has 0 aliphatic carbocycles. The van der Waals surface area contributed by atoms with Gasteiger partial charge < -0.3 is 0 Å². The van der Waals surface area contributed by atoms with Gasteiger partial charge in [-0.3, -0.25) is 0 Å². The summed E-state index contributed by atoms with van der Waals surface area (Å²) in [7, 11) is 0. The van der Waals surface area contributed by atoms with Crippen LogP contribution in [0.2, 0.25) is 0 Å². The Balaban J connectivity index is 1.22. The van der Waals surface area contributed by atoms with Gasteiger partial charge in [0.25, 0.3) is 0 Å². The van der Waals surface area contributed by atoms with Gasteiger partial charge in [-0.2, -0.15) is 0 Å². The second kappa shape index (κ2) is 11.3. The Kier molecular flexibility index (Phi) is 6.43. The Hall–Kier alpha value is -6.09. The molecule has 8 aromatic carbocycles. The SMILES string of the molecule is c1ccc(-c2ccc(-c3c4ccccc4c(-c4cccc(-c5c6ccccc6nc6c5sc5ccccc56)c4)c4ccccc34)cc2)cc1. The van der Waals surface area contributed by atoms with Gasteiger partial charge >= 0.3 is 0 Å². The molecule has 0 saturated heterocycles. The number of hydrogen-bond acceptors (Lipinski definition) is 2. The number of pyridine rings is 1. The van der Waals surface area contributed by atoms with Gasteiger partial charge in [0.15, 0.2) is 0 Å². The van der Waals surface area contributed by atoms with E-state index in [1.165, 1.54) is 86.2 Å². The van der Waals surface area contributed by atoms with Gasteiger partial charge in [-0.15, -0.1) is 11.3 Å². The molecule has 0 atom stereocenters. The lowest BCUT2D eigenvalue weighted by Gasteiger charge is -2.18. The third kappa shape index (κ3) is 4.49. The van der Waals surface area contributed by atoms with Gasteiger partial charge in [0, 0.05) is 21.0 Å².